The molecule has 2 aromatic carbocycles. The Balaban J connectivity index is -0.0000000672. The Hall–Kier alpha value is -1.56. The maximum atomic E-state index is 2.12. The Morgan fingerprint density at radius 1 is 0.333 bits per heavy atom. The second-order valence-electron chi connectivity index (χ2n) is 3.31. The largest absolute Gasteiger partial charge is 0.0683 e. The fraction of sp³-hybridized carbons (Fsp3) is 0.500. The molecule has 0 amide bonds. The highest BCUT2D eigenvalue weighted by Crippen LogP contribution is 1.99. The summed E-state index contributed by atoms with van der Waals surface area (Å²) in [7, 11) is 0. The van der Waals surface area contributed by atoms with E-state index in [9.17, 15) is 0 Å². The van der Waals surface area contributed by atoms with E-state index in [1.54, 1.807) is 0 Å². The van der Waals surface area contributed by atoms with Crippen molar-refractivity contribution in [3.63, 3.8) is 0 Å². The summed E-state index contributed by atoms with van der Waals surface area (Å²) in [6, 6.07) is 20.5. The molecule has 0 bridgehead atoms. The molecule has 0 saturated carbocycles. The SMILES string of the molecule is CC.CC.CC.CC.CC.Cc1ccc(C)cc1.c1ccccc1. The molecule has 0 nitrogen and oxygen atoms in total. The highest BCUT2D eigenvalue weighted by Gasteiger charge is 1.79. The number of hydrogen-bond acceptors (Lipinski definition) is 0. The van der Waals surface area contributed by atoms with E-state index in [0.717, 1.165) is 0 Å². The van der Waals surface area contributed by atoms with Crippen molar-refractivity contribution in [2.24, 2.45) is 0 Å². The number of hydrogen-bond donors (Lipinski definition) is 0. The van der Waals surface area contributed by atoms with E-state index < -0.39 is 0 Å². The van der Waals surface area contributed by atoms with Crippen molar-refractivity contribution in [2.45, 2.75) is 83.1 Å². The van der Waals surface area contributed by atoms with Gasteiger partial charge in [-0.1, -0.05) is 141 Å². The first-order valence-corrected chi connectivity index (χ1v) is 9.82. The number of aryl methyl sites for hydroxylation is 2. The molecule has 0 N–H and O–H groups in total. The molecule has 0 aliphatic heterocycles. The third-order valence-corrected chi connectivity index (χ3v) is 1.88. The Morgan fingerprint density at radius 2 is 0.458 bits per heavy atom. The van der Waals surface area contributed by atoms with Gasteiger partial charge in [0.1, 0.15) is 0 Å². The molecule has 0 aromatic heterocycles. The first-order chi connectivity index (χ1) is 11.8. The van der Waals surface area contributed by atoms with Crippen LogP contribution < -0.4 is 0 Å². The van der Waals surface area contributed by atoms with Crippen LogP contribution in [0.25, 0.3) is 0 Å². The van der Waals surface area contributed by atoms with Gasteiger partial charge in [0.2, 0.25) is 0 Å². The molecular formula is C24H46. The molecule has 0 unspecified atom stereocenters. The van der Waals surface area contributed by atoms with Crippen LogP contribution in [0.2, 0.25) is 0 Å². The molecule has 24 heavy (non-hydrogen) atoms. The van der Waals surface area contributed by atoms with E-state index in [4.69, 9.17) is 0 Å². The van der Waals surface area contributed by atoms with Crippen molar-refractivity contribution in [3.05, 3.63) is 71.8 Å². The van der Waals surface area contributed by atoms with Gasteiger partial charge in [-0.05, 0) is 13.8 Å². The fourth-order valence-corrected chi connectivity index (χ4v) is 1.02. The number of benzene rings is 2. The molecule has 2 rings (SSSR count). The van der Waals surface area contributed by atoms with Crippen LogP contribution in [0.15, 0.2) is 60.7 Å². The lowest BCUT2D eigenvalue weighted by atomic mass is 10.2. The predicted octanol–water partition coefficient (Wildman–Crippen LogP) is 9.12. The Labute approximate surface area is 155 Å². The lowest BCUT2D eigenvalue weighted by Crippen LogP contribution is -1.70. The van der Waals surface area contributed by atoms with Gasteiger partial charge in [0.25, 0.3) is 0 Å². The predicted molar refractivity (Wildman–Crippen MR) is 119 cm³/mol. The van der Waals surface area contributed by atoms with Gasteiger partial charge < -0.3 is 0 Å². The zero-order valence-corrected chi connectivity index (χ0v) is 18.8. The van der Waals surface area contributed by atoms with Crippen molar-refractivity contribution < 1.29 is 0 Å². The Morgan fingerprint density at radius 3 is 0.583 bits per heavy atom. The highest BCUT2D eigenvalue weighted by atomic mass is 13.9. The molecular weight excluding hydrogens is 288 g/mol. The van der Waals surface area contributed by atoms with Gasteiger partial charge in [-0.25, -0.2) is 0 Å². The fourth-order valence-electron chi connectivity index (χ4n) is 1.02. The van der Waals surface area contributed by atoms with E-state index >= 15 is 0 Å². The average Bonchev–Trinajstić information content (AvgIpc) is 2.74. The zero-order valence-electron chi connectivity index (χ0n) is 18.8. The maximum Gasteiger partial charge on any atom is -0.0398 e. The van der Waals surface area contributed by atoms with Crippen LogP contribution >= 0.6 is 0 Å². The quantitative estimate of drug-likeness (QED) is 0.450. The van der Waals surface area contributed by atoms with Crippen LogP contribution in [0, 0.1) is 13.8 Å². The number of rotatable bonds is 0. The lowest BCUT2D eigenvalue weighted by Gasteiger charge is -1.90. The summed E-state index contributed by atoms with van der Waals surface area (Å²) in [5.41, 5.74) is 2.66. The van der Waals surface area contributed by atoms with Gasteiger partial charge in [0.05, 0.1) is 0 Å². The minimum atomic E-state index is 1.33. The molecule has 0 radical (unpaired) electrons. The lowest BCUT2D eigenvalue weighted by molar-refractivity contribution is 1.40. The maximum absolute atomic E-state index is 2.12. The van der Waals surface area contributed by atoms with Gasteiger partial charge in [0, 0.05) is 0 Å². The minimum Gasteiger partial charge on any atom is -0.0683 e. The summed E-state index contributed by atoms with van der Waals surface area (Å²) in [6.45, 7) is 24.2. The van der Waals surface area contributed by atoms with Crippen molar-refractivity contribution in [1.29, 1.82) is 0 Å². The molecule has 0 atom stereocenters. The average molecular weight is 335 g/mol. The molecule has 0 aliphatic rings. The molecule has 2 aromatic rings. The summed E-state index contributed by atoms with van der Waals surface area (Å²) in [5.74, 6) is 0. The van der Waals surface area contributed by atoms with Crippen molar-refractivity contribution >= 4 is 0 Å². The van der Waals surface area contributed by atoms with Gasteiger partial charge in [-0.15, -0.1) is 0 Å². The topological polar surface area (TPSA) is 0 Å². The van der Waals surface area contributed by atoms with E-state index in [2.05, 4.69) is 38.1 Å². The highest BCUT2D eigenvalue weighted by molar-refractivity contribution is 5.19. The third-order valence-electron chi connectivity index (χ3n) is 1.88. The third kappa shape index (κ3) is 37.0. The van der Waals surface area contributed by atoms with E-state index in [1.165, 1.54) is 11.1 Å². The van der Waals surface area contributed by atoms with Crippen LogP contribution in [-0.4, -0.2) is 0 Å². The van der Waals surface area contributed by atoms with Gasteiger partial charge in [-0.2, -0.15) is 0 Å². The molecule has 0 aliphatic carbocycles. The molecule has 0 spiro atoms. The first-order valence-electron chi connectivity index (χ1n) is 9.82. The monoisotopic (exact) mass is 334 g/mol. The summed E-state index contributed by atoms with van der Waals surface area (Å²) in [5, 5.41) is 0. The molecule has 142 valence electrons. The molecule has 0 saturated heterocycles. The molecule has 0 heterocycles. The van der Waals surface area contributed by atoms with Gasteiger partial charge in [0.15, 0.2) is 0 Å². The summed E-state index contributed by atoms with van der Waals surface area (Å²) in [6.07, 6.45) is 0. The summed E-state index contributed by atoms with van der Waals surface area (Å²) < 4.78 is 0. The van der Waals surface area contributed by atoms with E-state index in [-0.39, 0.29) is 0 Å². The van der Waals surface area contributed by atoms with E-state index in [1.807, 2.05) is 106 Å². The second kappa shape index (κ2) is 43.0. The van der Waals surface area contributed by atoms with Crippen LogP contribution in [0.4, 0.5) is 0 Å². The first kappa shape index (κ1) is 33.9. The Kier molecular flexibility index (Phi) is 60.7. The molecule has 0 fully saturated rings. The van der Waals surface area contributed by atoms with Gasteiger partial charge in [-0.3, -0.25) is 0 Å². The van der Waals surface area contributed by atoms with Crippen LogP contribution in [0.3, 0.4) is 0 Å². The normalized spacial score (nSPS) is 6.33. The summed E-state index contributed by atoms with van der Waals surface area (Å²) in [4.78, 5) is 0. The van der Waals surface area contributed by atoms with Crippen LogP contribution in [-0.2, 0) is 0 Å². The summed E-state index contributed by atoms with van der Waals surface area (Å²) >= 11 is 0. The van der Waals surface area contributed by atoms with Crippen molar-refractivity contribution in [3.8, 4) is 0 Å². The van der Waals surface area contributed by atoms with Crippen molar-refractivity contribution in [1.82, 2.24) is 0 Å². The smallest absolute Gasteiger partial charge is 0.0398 e. The minimum absolute atomic E-state index is 1.33. The zero-order chi connectivity index (χ0) is 20.2. The standard InChI is InChI=1S/C8H10.C6H6.5C2H6/c1-7-3-5-8(2)6-4-7;1-2-4-6-5-3-1;5*1-2/h3-6H,1-2H3;1-6H;5*1-2H3. The van der Waals surface area contributed by atoms with Crippen LogP contribution in [0.1, 0.15) is 80.4 Å². The second-order valence-corrected chi connectivity index (χ2v) is 3.31. The Bertz CT molecular complexity index is 284. The van der Waals surface area contributed by atoms with E-state index in [0.29, 0.717) is 0 Å². The van der Waals surface area contributed by atoms with Gasteiger partial charge >= 0.3 is 0 Å². The van der Waals surface area contributed by atoms with Crippen molar-refractivity contribution in [2.75, 3.05) is 0 Å². The molecule has 0 heteroatoms. The van der Waals surface area contributed by atoms with Crippen LogP contribution in [0.5, 0.6) is 0 Å².